The van der Waals surface area contributed by atoms with Crippen LogP contribution in [0.1, 0.15) is 32.6 Å². The van der Waals surface area contributed by atoms with Crippen LogP contribution in [0.3, 0.4) is 0 Å². The molecule has 0 bridgehead atoms. The zero-order valence-corrected chi connectivity index (χ0v) is 13.2. The Labute approximate surface area is 126 Å². The molecular weight excluding hydrogens is 291 g/mol. The summed E-state index contributed by atoms with van der Waals surface area (Å²) in [6.45, 7) is 4.64. The third-order valence-electron chi connectivity index (χ3n) is 3.98. The van der Waals surface area contributed by atoms with Crippen molar-refractivity contribution in [2.75, 3.05) is 19.6 Å². The number of hydrogen-bond acceptors (Lipinski definition) is 3. The second-order valence-electron chi connectivity index (χ2n) is 5.59. The van der Waals surface area contributed by atoms with E-state index in [0.29, 0.717) is 12.6 Å². The minimum atomic E-state index is -3.53. The topological polar surface area (TPSA) is 49.4 Å². The molecule has 1 saturated heterocycles. The van der Waals surface area contributed by atoms with Gasteiger partial charge in [0, 0.05) is 12.6 Å². The second kappa shape index (κ2) is 7.33. The molecule has 1 N–H and O–H groups in total. The zero-order valence-electron chi connectivity index (χ0n) is 12.4. The highest BCUT2D eigenvalue weighted by Gasteiger charge is 2.18. The average Bonchev–Trinajstić information content (AvgIpc) is 2.46. The Balaban J connectivity index is 1.78. The summed E-state index contributed by atoms with van der Waals surface area (Å²) in [4.78, 5) is 2.52. The summed E-state index contributed by atoms with van der Waals surface area (Å²) in [6.07, 6.45) is 4.52. The largest absolute Gasteiger partial charge is 0.301 e. The molecule has 1 atom stereocenters. The number of nitrogens with one attached hydrogen (secondary N) is 1. The van der Waals surface area contributed by atoms with Crippen LogP contribution >= 0.6 is 0 Å². The molecule has 2 rings (SSSR count). The van der Waals surface area contributed by atoms with E-state index in [9.17, 15) is 12.8 Å². The van der Waals surface area contributed by atoms with E-state index in [4.69, 9.17) is 0 Å². The van der Waals surface area contributed by atoms with Gasteiger partial charge in [0.15, 0.2) is 0 Å². The lowest BCUT2D eigenvalue weighted by atomic mass is 10.0. The van der Waals surface area contributed by atoms with Crippen molar-refractivity contribution in [3.63, 3.8) is 0 Å². The maximum atomic E-state index is 12.8. The van der Waals surface area contributed by atoms with E-state index in [1.807, 2.05) is 0 Å². The van der Waals surface area contributed by atoms with Crippen molar-refractivity contribution in [1.82, 2.24) is 9.62 Å². The molecule has 0 aromatic heterocycles. The van der Waals surface area contributed by atoms with Crippen LogP contribution in [0.15, 0.2) is 29.2 Å². The van der Waals surface area contributed by atoms with Gasteiger partial charge in [-0.15, -0.1) is 0 Å². The minimum Gasteiger partial charge on any atom is -0.301 e. The number of likely N-dealkylation sites (tertiary alicyclic amines) is 1. The molecule has 1 heterocycles. The molecule has 0 saturated carbocycles. The number of hydrogen-bond donors (Lipinski definition) is 1. The summed E-state index contributed by atoms with van der Waals surface area (Å²) in [5, 5.41) is 0. The Kier molecular flexibility index (Phi) is 5.72. The molecule has 6 heteroatoms. The SMILES string of the molecule is CC1CCCCN1CCCNS(=O)(=O)c1ccc(F)cc1. The highest BCUT2D eigenvalue weighted by molar-refractivity contribution is 7.89. The van der Waals surface area contributed by atoms with E-state index in [0.717, 1.165) is 31.6 Å². The van der Waals surface area contributed by atoms with Crippen LogP contribution in [0.4, 0.5) is 4.39 Å². The molecule has 1 fully saturated rings. The number of rotatable bonds is 6. The predicted octanol–water partition coefficient (Wildman–Crippen LogP) is 2.37. The van der Waals surface area contributed by atoms with E-state index in [1.54, 1.807) is 0 Å². The lowest BCUT2D eigenvalue weighted by Gasteiger charge is -2.33. The minimum absolute atomic E-state index is 0.107. The van der Waals surface area contributed by atoms with Gasteiger partial charge >= 0.3 is 0 Å². The van der Waals surface area contributed by atoms with E-state index in [2.05, 4.69) is 16.5 Å². The molecule has 1 aromatic rings. The van der Waals surface area contributed by atoms with Gasteiger partial charge in [-0.1, -0.05) is 6.42 Å². The molecule has 1 aliphatic rings. The van der Waals surface area contributed by atoms with Gasteiger partial charge in [-0.2, -0.15) is 0 Å². The third kappa shape index (κ3) is 4.76. The van der Waals surface area contributed by atoms with E-state index in [1.165, 1.54) is 31.4 Å². The first kappa shape index (κ1) is 16.4. The Morgan fingerprint density at radius 2 is 2.00 bits per heavy atom. The molecule has 0 spiro atoms. The molecule has 1 unspecified atom stereocenters. The van der Waals surface area contributed by atoms with E-state index < -0.39 is 15.8 Å². The van der Waals surface area contributed by atoms with Gasteiger partial charge in [0.05, 0.1) is 4.90 Å². The average molecular weight is 314 g/mol. The third-order valence-corrected chi connectivity index (χ3v) is 5.46. The van der Waals surface area contributed by atoms with Gasteiger partial charge in [0.2, 0.25) is 10.0 Å². The van der Waals surface area contributed by atoms with Gasteiger partial charge in [0.25, 0.3) is 0 Å². The first-order chi connectivity index (χ1) is 9.99. The van der Waals surface area contributed by atoms with Gasteiger partial charge < -0.3 is 4.90 Å². The molecule has 21 heavy (non-hydrogen) atoms. The Morgan fingerprint density at radius 3 is 2.67 bits per heavy atom. The molecule has 0 aliphatic carbocycles. The number of sulfonamides is 1. The highest BCUT2D eigenvalue weighted by atomic mass is 32.2. The molecular formula is C15H23FN2O2S. The van der Waals surface area contributed by atoms with Gasteiger partial charge in [0.1, 0.15) is 5.82 Å². The zero-order chi connectivity index (χ0) is 15.3. The van der Waals surface area contributed by atoms with Gasteiger partial charge in [-0.3, -0.25) is 0 Å². The van der Waals surface area contributed by atoms with E-state index in [-0.39, 0.29) is 4.90 Å². The predicted molar refractivity (Wildman–Crippen MR) is 81.1 cm³/mol. The van der Waals surface area contributed by atoms with Crippen LogP contribution in [-0.2, 0) is 10.0 Å². The first-order valence-electron chi connectivity index (χ1n) is 7.48. The monoisotopic (exact) mass is 314 g/mol. The number of benzene rings is 1. The summed E-state index contributed by atoms with van der Waals surface area (Å²) in [7, 11) is -3.53. The Hall–Kier alpha value is -0.980. The van der Waals surface area contributed by atoms with Crippen molar-refractivity contribution in [3.05, 3.63) is 30.1 Å². The van der Waals surface area contributed by atoms with Crippen molar-refractivity contribution in [1.29, 1.82) is 0 Å². The summed E-state index contributed by atoms with van der Waals surface area (Å²) >= 11 is 0. The normalized spacial score (nSPS) is 20.6. The van der Waals surface area contributed by atoms with Crippen molar-refractivity contribution in [3.8, 4) is 0 Å². The van der Waals surface area contributed by atoms with Crippen LogP contribution in [0.2, 0.25) is 0 Å². The van der Waals surface area contributed by atoms with Crippen LogP contribution in [0.25, 0.3) is 0 Å². The smallest absolute Gasteiger partial charge is 0.240 e. The second-order valence-corrected chi connectivity index (χ2v) is 7.35. The number of nitrogens with zero attached hydrogens (tertiary/aromatic N) is 1. The highest BCUT2D eigenvalue weighted by Crippen LogP contribution is 2.16. The van der Waals surface area contributed by atoms with Crippen LogP contribution in [0.5, 0.6) is 0 Å². The molecule has 1 aromatic carbocycles. The maximum absolute atomic E-state index is 12.8. The van der Waals surface area contributed by atoms with E-state index >= 15 is 0 Å². The number of piperidine rings is 1. The maximum Gasteiger partial charge on any atom is 0.240 e. The lowest BCUT2D eigenvalue weighted by molar-refractivity contribution is 0.159. The van der Waals surface area contributed by atoms with Gasteiger partial charge in [-0.05, 0) is 63.5 Å². The molecule has 0 radical (unpaired) electrons. The van der Waals surface area contributed by atoms with Gasteiger partial charge in [-0.25, -0.2) is 17.5 Å². The Morgan fingerprint density at radius 1 is 1.29 bits per heavy atom. The standard InChI is InChI=1S/C15H23FN2O2S/c1-13-5-2-3-11-18(13)12-4-10-17-21(19,20)15-8-6-14(16)7-9-15/h6-9,13,17H,2-5,10-12H2,1H3. The summed E-state index contributed by atoms with van der Waals surface area (Å²) in [5.41, 5.74) is 0. The molecule has 4 nitrogen and oxygen atoms in total. The fraction of sp³-hybridized carbons (Fsp3) is 0.600. The van der Waals surface area contributed by atoms with Crippen LogP contribution in [-0.4, -0.2) is 39.0 Å². The van der Waals surface area contributed by atoms with Crippen molar-refractivity contribution < 1.29 is 12.8 Å². The van der Waals surface area contributed by atoms with Crippen LogP contribution in [0, 0.1) is 5.82 Å². The van der Waals surface area contributed by atoms with Crippen molar-refractivity contribution >= 4 is 10.0 Å². The fourth-order valence-corrected chi connectivity index (χ4v) is 3.75. The molecule has 0 amide bonds. The van der Waals surface area contributed by atoms with Crippen LogP contribution < -0.4 is 4.72 Å². The first-order valence-corrected chi connectivity index (χ1v) is 8.96. The fourth-order valence-electron chi connectivity index (χ4n) is 2.68. The summed E-state index contributed by atoms with van der Waals surface area (Å²) < 4.78 is 39.4. The quantitative estimate of drug-likeness (QED) is 0.820. The van der Waals surface area contributed by atoms with Crippen molar-refractivity contribution in [2.24, 2.45) is 0 Å². The summed E-state index contributed by atoms with van der Waals surface area (Å²) in [6, 6.07) is 5.47. The number of halogens is 1. The molecule has 118 valence electrons. The summed E-state index contributed by atoms with van der Waals surface area (Å²) in [5.74, 6) is -0.437. The Bertz CT molecular complexity index is 545. The molecule has 1 aliphatic heterocycles. The lowest BCUT2D eigenvalue weighted by Crippen LogP contribution is -2.39. The van der Waals surface area contributed by atoms with Crippen molar-refractivity contribution in [2.45, 2.75) is 43.5 Å².